The van der Waals surface area contributed by atoms with Crippen LogP contribution >= 0.6 is 0 Å². The van der Waals surface area contributed by atoms with Crippen LogP contribution in [0.2, 0.25) is 0 Å². The van der Waals surface area contributed by atoms with Crippen molar-refractivity contribution in [3.05, 3.63) is 18.2 Å². The molecule has 0 bridgehead atoms. The van der Waals surface area contributed by atoms with Gasteiger partial charge in [0, 0.05) is 13.8 Å². The highest BCUT2D eigenvalue weighted by molar-refractivity contribution is 5.74. The molecule has 1 aliphatic heterocycles. The minimum absolute atomic E-state index is 0.0385. The lowest BCUT2D eigenvalue weighted by Crippen LogP contribution is -2.35. The second-order valence-electron chi connectivity index (χ2n) is 4.11. The van der Waals surface area contributed by atoms with E-state index in [1.54, 1.807) is 13.8 Å². The third-order valence-electron chi connectivity index (χ3n) is 2.13. The molecule has 0 atom stereocenters. The van der Waals surface area contributed by atoms with Crippen LogP contribution in [-0.4, -0.2) is 23.0 Å². The van der Waals surface area contributed by atoms with Crippen molar-refractivity contribution in [3.8, 4) is 17.2 Å². The van der Waals surface area contributed by atoms with Gasteiger partial charge in [-0.1, -0.05) is 6.07 Å². The van der Waals surface area contributed by atoms with E-state index >= 15 is 0 Å². The molecule has 1 heterocycles. The van der Waals surface area contributed by atoms with E-state index in [0.717, 1.165) is 0 Å². The predicted molar refractivity (Wildman–Crippen MR) is 55.0 cm³/mol. The van der Waals surface area contributed by atoms with Crippen molar-refractivity contribution in [1.82, 2.24) is 0 Å². The summed E-state index contributed by atoms with van der Waals surface area (Å²) in [5, 5.41) is 8.31. The Morgan fingerprint density at radius 1 is 1.39 bits per heavy atom. The van der Waals surface area contributed by atoms with E-state index in [0.29, 0.717) is 0 Å². The summed E-state index contributed by atoms with van der Waals surface area (Å²) in [5.41, 5.74) is 0. The van der Waals surface area contributed by atoms with Crippen LogP contribution < -0.4 is 14.2 Å². The van der Waals surface area contributed by atoms with Crippen LogP contribution in [0.4, 0.5) is 8.78 Å². The number of hydrogen-bond acceptors (Lipinski definition) is 4. The highest BCUT2D eigenvalue weighted by Crippen LogP contribution is 2.46. The van der Waals surface area contributed by atoms with Crippen molar-refractivity contribution in [2.45, 2.75) is 25.7 Å². The normalized spacial score (nSPS) is 16.4. The number of carboxylic acids is 1. The van der Waals surface area contributed by atoms with Gasteiger partial charge < -0.3 is 19.3 Å². The van der Waals surface area contributed by atoms with Gasteiger partial charge in [-0.05, 0) is 12.1 Å². The van der Waals surface area contributed by atoms with Gasteiger partial charge in [0.25, 0.3) is 0 Å². The van der Waals surface area contributed by atoms with E-state index in [-0.39, 0.29) is 17.2 Å². The standard InChI is InChI=1S/C11H10F2O5/c1-10(2)16-6-4-3-5-7(8(6)18-10)17-11(12,13)9(14)15/h3-5H,1-2H3,(H,14,15). The molecule has 0 aromatic heterocycles. The van der Waals surface area contributed by atoms with Crippen LogP contribution in [0.15, 0.2) is 18.2 Å². The topological polar surface area (TPSA) is 65.0 Å². The average Bonchev–Trinajstić information content (AvgIpc) is 2.52. The molecule has 0 saturated heterocycles. The van der Waals surface area contributed by atoms with E-state index in [1.807, 2.05) is 0 Å². The van der Waals surface area contributed by atoms with Crippen molar-refractivity contribution in [2.24, 2.45) is 0 Å². The van der Waals surface area contributed by atoms with Crippen molar-refractivity contribution in [1.29, 1.82) is 0 Å². The molecule has 1 aliphatic rings. The van der Waals surface area contributed by atoms with Gasteiger partial charge >= 0.3 is 12.1 Å². The van der Waals surface area contributed by atoms with E-state index < -0.39 is 17.9 Å². The number of ether oxygens (including phenoxy) is 3. The summed E-state index contributed by atoms with van der Waals surface area (Å²) in [6, 6.07) is 4.09. The maximum Gasteiger partial charge on any atom is 0.502 e. The molecule has 1 aromatic rings. The van der Waals surface area contributed by atoms with Crippen LogP contribution in [-0.2, 0) is 4.79 Å². The van der Waals surface area contributed by atoms with Gasteiger partial charge in [-0.2, -0.15) is 8.78 Å². The van der Waals surface area contributed by atoms with Gasteiger partial charge in [0.15, 0.2) is 11.5 Å². The fourth-order valence-corrected chi connectivity index (χ4v) is 1.47. The lowest BCUT2D eigenvalue weighted by molar-refractivity contribution is -0.211. The summed E-state index contributed by atoms with van der Waals surface area (Å²) in [5.74, 6) is -3.59. The molecule has 98 valence electrons. The molecular formula is C11H10F2O5. The summed E-state index contributed by atoms with van der Waals surface area (Å²) in [6.45, 7) is 3.18. The minimum Gasteiger partial charge on any atom is -0.474 e. The van der Waals surface area contributed by atoms with Crippen LogP contribution in [0, 0.1) is 0 Å². The molecule has 0 aliphatic carbocycles. The van der Waals surface area contributed by atoms with Gasteiger partial charge in [0.05, 0.1) is 0 Å². The Labute approximate surface area is 101 Å². The molecule has 5 nitrogen and oxygen atoms in total. The Morgan fingerprint density at radius 2 is 2.06 bits per heavy atom. The molecule has 0 radical (unpaired) electrons. The lowest BCUT2D eigenvalue weighted by atomic mass is 10.3. The third kappa shape index (κ3) is 2.15. The highest BCUT2D eigenvalue weighted by atomic mass is 19.3. The lowest BCUT2D eigenvalue weighted by Gasteiger charge is -2.17. The first-order chi connectivity index (χ1) is 8.21. The van der Waals surface area contributed by atoms with E-state index in [1.165, 1.54) is 18.2 Å². The molecule has 1 aromatic carbocycles. The van der Waals surface area contributed by atoms with Gasteiger partial charge in [-0.15, -0.1) is 0 Å². The number of alkyl halides is 2. The van der Waals surface area contributed by atoms with Crippen LogP contribution in [0.5, 0.6) is 17.2 Å². The van der Waals surface area contributed by atoms with Crippen LogP contribution in [0.3, 0.4) is 0 Å². The Kier molecular flexibility index (Phi) is 2.57. The number of carbonyl (C=O) groups is 1. The van der Waals surface area contributed by atoms with Gasteiger partial charge in [0.2, 0.25) is 11.5 Å². The smallest absolute Gasteiger partial charge is 0.474 e. The Morgan fingerprint density at radius 3 is 2.67 bits per heavy atom. The summed E-state index contributed by atoms with van der Waals surface area (Å²) < 4.78 is 40.7. The monoisotopic (exact) mass is 260 g/mol. The first-order valence-corrected chi connectivity index (χ1v) is 5.02. The number of benzene rings is 1. The second kappa shape index (κ2) is 3.72. The number of fused-ring (bicyclic) bond motifs is 1. The van der Waals surface area contributed by atoms with E-state index in [2.05, 4.69) is 4.74 Å². The third-order valence-corrected chi connectivity index (χ3v) is 2.13. The summed E-state index contributed by atoms with van der Waals surface area (Å²) in [7, 11) is 0. The first kappa shape index (κ1) is 12.4. The molecule has 0 saturated carbocycles. The zero-order chi connectivity index (χ0) is 13.6. The number of halogens is 2. The maximum absolute atomic E-state index is 13.0. The molecule has 0 unspecified atom stereocenters. The summed E-state index contributed by atoms with van der Waals surface area (Å²) in [6.07, 6.45) is -4.33. The van der Waals surface area contributed by atoms with Gasteiger partial charge in [-0.25, -0.2) is 4.79 Å². The maximum atomic E-state index is 13.0. The summed E-state index contributed by atoms with van der Waals surface area (Å²) >= 11 is 0. The molecule has 0 spiro atoms. The SMILES string of the molecule is CC1(C)Oc2cccc(OC(F)(F)C(=O)O)c2O1. The van der Waals surface area contributed by atoms with E-state index in [9.17, 15) is 13.6 Å². The quantitative estimate of drug-likeness (QED) is 0.902. The number of carboxylic acid groups (broad SMARTS) is 1. The number of aliphatic carboxylic acids is 1. The molecule has 18 heavy (non-hydrogen) atoms. The number of para-hydroxylation sites is 1. The summed E-state index contributed by atoms with van der Waals surface area (Å²) in [4.78, 5) is 10.3. The molecule has 1 N–H and O–H groups in total. The average molecular weight is 260 g/mol. The van der Waals surface area contributed by atoms with Crippen molar-refractivity contribution < 1.29 is 32.9 Å². The molecule has 2 rings (SSSR count). The number of rotatable bonds is 3. The van der Waals surface area contributed by atoms with Crippen LogP contribution in [0.25, 0.3) is 0 Å². The Hall–Kier alpha value is -2.05. The zero-order valence-corrected chi connectivity index (χ0v) is 9.57. The molecule has 0 amide bonds. The van der Waals surface area contributed by atoms with Crippen LogP contribution in [0.1, 0.15) is 13.8 Å². The Bertz CT molecular complexity index is 498. The fourth-order valence-electron chi connectivity index (χ4n) is 1.47. The highest BCUT2D eigenvalue weighted by Gasteiger charge is 2.44. The molecule has 0 fully saturated rings. The predicted octanol–water partition coefficient (Wildman–Crippen LogP) is 2.25. The zero-order valence-electron chi connectivity index (χ0n) is 9.57. The number of hydrogen-bond donors (Lipinski definition) is 1. The Balaban J connectivity index is 2.33. The van der Waals surface area contributed by atoms with Crippen molar-refractivity contribution in [3.63, 3.8) is 0 Å². The largest absolute Gasteiger partial charge is 0.502 e. The van der Waals surface area contributed by atoms with Crippen molar-refractivity contribution >= 4 is 5.97 Å². The van der Waals surface area contributed by atoms with Crippen molar-refractivity contribution in [2.75, 3.05) is 0 Å². The molecular weight excluding hydrogens is 250 g/mol. The second-order valence-corrected chi connectivity index (χ2v) is 4.11. The van der Waals surface area contributed by atoms with Gasteiger partial charge in [0.1, 0.15) is 0 Å². The first-order valence-electron chi connectivity index (χ1n) is 5.02. The minimum atomic E-state index is -4.33. The fraction of sp³-hybridized carbons (Fsp3) is 0.364. The van der Waals surface area contributed by atoms with Gasteiger partial charge in [-0.3, -0.25) is 0 Å². The molecule has 7 heteroatoms. The van der Waals surface area contributed by atoms with E-state index in [4.69, 9.17) is 14.6 Å².